The van der Waals surface area contributed by atoms with Gasteiger partial charge in [-0.25, -0.2) is 4.39 Å². The standard InChI is InChI=1S/C12H10ClFN2/c1-7-12(15)4-8(6-16-7)10-5-9(14)2-3-11(10)13/h2-6H,15H2,1H3. The second kappa shape index (κ2) is 4.10. The molecule has 0 saturated carbocycles. The van der Waals surface area contributed by atoms with E-state index in [0.29, 0.717) is 21.8 Å². The molecule has 0 radical (unpaired) electrons. The molecular formula is C12H10ClFN2. The van der Waals surface area contributed by atoms with Gasteiger partial charge in [0.25, 0.3) is 0 Å². The zero-order valence-corrected chi connectivity index (χ0v) is 9.42. The van der Waals surface area contributed by atoms with Crippen molar-refractivity contribution in [1.29, 1.82) is 0 Å². The lowest BCUT2D eigenvalue weighted by Gasteiger charge is -2.06. The van der Waals surface area contributed by atoms with Gasteiger partial charge < -0.3 is 5.73 Å². The van der Waals surface area contributed by atoms with Crippen molar-refractivity contribution in [3.8, 4) is 11.1 Å². The number of nitrogens with two attached hydrogens (primary N) is 1. The number of hydrogen-bond donors (Lipinski definition) is 1. The Morgan fingerprint density at radius 3 is 2.75 bits per heavy atom. The predicted molar refractivity (Wildman–Crippen MR) is 63.8 cm³/mol. The van der Waals surface area contributed by atoms with Gasteiger partial charge in [0.05, 0.1) is 11.4 Å². The summed E-state index contributed by atoms with van der Waals surface area (Å²) in [7, 11) is 0. The van der Waals surface area contributed by atoms with Crippen molar-refractivity contribution in [1.82, 2.24) is 4.98 Å². The van der Waals surface area contributed by atoms with Crippen LogP contribution in [0.3, 0.4) is 0 Å². The topological polar surface area (TPSA) is 38.9 Å². The summed E-state index contributed by atoms with van der Waals surface area (Å²) in [5.41, 5.74) is 8.37. The lowest BCUT2D eigenvalue weighted by molar-refractivity contribution is 0.628. The van der Waals surface area contributed by atoms with Crippen molar-refractivity contribution in [3.05, 3.63) is 47.0 Å². The van der Waals surface area contributed by atoms with Gasteiger partial charge in [-0.05, 0) is 31.2 Å². The highest BCUT2D eigenvalue weighted by Crippen LogP contribution is 2.29. The van der Waals surface area contributed by atoms with Crippen LogP contribution in [0.4, 0.5) is 10.1 Å². The molecule has 16 heavy (non-hydrogen) atoms. The minimum atomic E-state index is -0.335. The molecule has 0 bridgehead atoms. The summed E-state index contributed by atoms with van der Waals surface area (Å²) >= 11 is 5.99. The lowest BCUT2D eigenvalue weighted by atomic mass is 10.1. The summed E-state index contributed by atoms with van der Waals surface area (Å²) in [6.07, 6.45) is 1.63. The molecule has 0 aliphatic rings. The number of anilines is 1. The van der Waals surface area contributed by atoms with Gasteiger partial charge in [0.1, 0.15) is 5.82 Å². The Morgan fingerprint density at radius 2 is 2.06 bits per heavy atom. The molecule has 2 N–H and O–H groups in total. The van der Waals surface area contributed by atoms with Gasteiger partial charge in [0.2, 0.25) is 0 Å². The van der Waals surface area contributed by atoms with Gasteiger partial charge in [-0.3, -0.25) is 4.98 Å². The molecule has 0 amide bonds. The summed E-state index contributed by atoms with van der Waals surface area (Å²) in [4.78, 5) is 4.12. The predicted octanol–water partition coefficient (Wildman–Crippen LogP) is 3.43. The van der Waals surface area contributed by atoms with Crippen LogP contribution in [0, 0.1) is 12.7 Å². The van der Waals surface area contributed by atoms with Crippen LogP contribution in [0.15, 0.2) is 30.5 Å². The van der Waals surface area contributed by atoms with Crippen molar-refractivity contribution in [3.63, 3.8) is 0 Å². The third kappa shape index (κ3) is 1.99. The van der Waals surface area contributed by atoms with Crippen LogP contribution in [-0.4, -0.2) is 4.98 Å². The fraction of sp³-hybridized carbons (Fsp3) is 0.0833. The van der Waals surface area contributed by atoms with E-state index in [1.807, 2.05) is 6.92 Å². The van der Waals surface area contributed by atoms with E-state index in [0.717, 1.165) is 5.69 Å². The number of aryl methyl sites for hydroxylation is 1. The van der Waals surface area contributed by atoms with E-state index >= 15 is 0 Å². The fourth-order valence-corrected chi connectivity index (χ4v) is 1.64. The van der Waals surface area contributed by atoms with Crippen LogP contribution in [0.1, 0.15) is 5.69 Å². The Kier molecular flexibility index (Phi) is 2.79. The van der Waals surface area contributed by atoms with Gasteiger partial charge in [0, 0.05) is 22.3 Å². The van der Waals surface area contributed by atoms with Gasteiger partial charge in [-0.15, -0.1) is 0 Å². The van der Waals surface area contributed by atoms with E-state index in [-0.39, 0.29) is 5.82 Å². The minimum absolute atomic E-state index is 0.335. The number of halogens is 2. The summed E-state index contributed by atoms with van der Waals surface area (Å²) in [6, 6.07) is 5.94. The number of nitrogen functional groups attached to an aromatic ring is 1. The zero-order valence-electron chi connectivity index (χ0n) is 8.67. The number of pyridine rings is 1. The second-order valence-corrected chi connectivity index (χ2v) is 3.93. The molecule has 1 heterocycles. The average molecular weight is 237 g/mol. The van der Waals surface area contributed by atoms with Crippen LogP contribution in [0.25, 0.3) is 11.1 Å². The largest absolute Gasteiger partial charge is 0.397 e. The number of nitrogens with zero attached hydrogens (tertiary/aromatic N) is 1. The molecule has 0 aliphatic heterocycles. The van der Waals surface area contributed by atoms with E-state index < -0.39 is 0 Å². The summed E-state index contributed by atoms with van der Waals surface area (Å²) < 4.78 is 13.1. The third-order valence-corrected chi connectivity index (χ3v) is 2.70. The molecule has 2 nitrogen and oxygen atoms in total. The van der Waals surface area contributed by atoms with Crippen LogP contribution >= 0.6 is 11.6 Å². The maximum absolute atomic E-state index is 13.1. The first-order valence-corrected chi connectivity index (χ1v) is 5.13. The van der Waals surface area contributed by atoms with E-state index in [2.05, 4.69) is 4.98 Å². The molecular weight excluding hydrogens is 227 g/mol. The average Bonchev–Trinajstić information content (AvgIpc) is 2.26. The van der Waals surface area contributed by atoms with E-state index in [1.165, 1.54) is 18.2 Å². The molecule has 2 rings (SSSR count). The van der Waals surface area contributed by atoms with Crippen LogP contribution < -0.4 is 5.73 Å². The SMILES string of the molecule is Cc1ncc(-c2cc(F)ccc2Cl)cc1N. The molecule has 1 aromatic heterocycles. The molecule has 1 aromatic carbocycles. The Bertz CT molecular complexity index is 541. The lowest BCUT2D eigenvalue weighted by Crippen LogP contribution is -1.93. The first-order chi connectivity index (χ1) is 7.58. The minimum Gasteiger partial charge on any atom is -0.397 e. The maximum Gasteiger partial charge on any atom is 0.123 e. The molecule has 0 atom stereocenters. The van der Waals surface area contributed by atoms with Crippen molar-refractivity contribution in [2.24, 2.45) is 0 Å². The maximum atomic E-state index is 13.1. The molecule has 0 unspecified atom stereocenters. The first kappa shape index (κ1) is 10.9. The third-order valence-electron chi connectivity index (χ3n) is 2.37. The zero-order chi connectivity index (χ0) is 11.7. The molecule has 2 aromatic rings. The van der Waals surface area contributed by atoms with Gasteiger partial charge in [-0.1, -0.05) is 11.6 Å². The molecule has 0 saturated heterocycles. The van der Waals surface area contributed by atoms with Crippen LogP contribution in [0.5, 0.6) is 0 Å². The Labute approximate surface area is 97.9 Å². The second-order valence-electron chi connectivity index (χ2n) is 3.52. The normalized spacial score (nSPS) is 10.4. The highest BCUT2D eigenvalue weighted by Gasteiger charge is 2.06. The van der Waals surface area contributed by atoms with Crippen molar-refractivity contribution >= 4 is 17.3 Å². The monoisotopic (exact) mass is 236 g/mol. The van der Waals surface area contributed by atoms with E-state index in [1.54, 1.807) is 12.3 Å². The highest BCUT2D eigenvalue weighted by atomic mass is 35.5. The number of rotatable bonds is 1. The molecule has 0 fully saturated rings. The smallest absolute Gasteiger partial charge is 0.123 e. The van der Waals surface area contributed by atoms with E-state index in [4.69, 9.17) is 17.3 Å². The highest BCUT2D eigenvalue weighted by molar-refractivity contribution is 6.33. The summed E-state index contributed by atoms with van der Waals surface area (Å²) in [5.74, 6) is -0.335. The molecule has 0 spiro atoms. The number of aromatic nitrogens is 1. The van der Waals surface area contributed by atoms with E-state index in [9.17, 15) is 4.39 Å². The molecule has 82 valence electrons. The Morgan fingerprint density at radius 1 is 1.31 bits per heavy atom. The summed E-state index contributed by atoms with van der Waals surface area (Å²) in [6.45, 7) is 1.81. The number of hydrogen-bond acceptors (Lipinski definition) is 2. The quantitative estimate of drug-likeness (QED) is 0.824. The summed E-state index contributed by atoms with van der Waals surface area (Å²) in [5, 5.41) is 0.478. The van der Waals surface area contributed by atoms with Gasteiger partial charge in [0.15, 0.2) is 0 Å². The van der Waals surface area contributed by atoms with Crippen LogP contribution in [-0.2, 0) is 0 Å². The number of benzene rings is 1. The first-order valence-electron chi connectivity index (χ1n) is 4.75. The molecule has 0 aliphatic carbocycles. The van der Waals surface area contributed by atoms with Crippen molar-refractivity contribution in [2.75, 3.05) is 5.73 Å². The van der Waals surface area contributed by atoms with Crippen molar-refractivity contribution in [2.45, 2.75) is 6.92 Å². The fourth-order valence-electron chi connectivity index (χ4n) is 1.42. The van der Waals surface area contributed by atoms with Crippen molar-refractivity contribution < 1.29 is 4.39 Å². The van der Waals surface area contributed by atoms with Crippen LogP contribution in [0.2, 0.25) is 5.02 Å². The van der Waals surface area contributed by atoms with Gasteiger partial charge >= 0.3 is 0 Å². The van der Waals surface area contributed by atoms with Gasteiger partial charge in [-0.2, -0.15) is 0 Å². The Balaban J connectivity index is 2.58. The molecule has 4 heteroatoms. The Hall–Kier alpha value is -1.61.